The molecule has 5 nitrogen and oxygen atoms in total. The number of aliphatic hydroxyl groups excluding tert-OH is 1. The minimum absolute atomic E-state index is 0.0168. The molecule has 0 radical (unpaired) electrons. The van der Waals surface area contributed by atoms with Crippen LogP contribution in [0.1, 0.15) is 79.6 Å². The summed E-state index contributed by atoms with van der Waals surface area (Å²) in [4.78, 5) is 40.2. The van der Waals surface area contributed by atoms with Gasteiger partial charge in [0.15, 0.2) is 11.5 Å². The summed E-state index contributed by atoms with van der Waals surface area (Å²) in [6, 6.07) is 0. The number of halogens is 1. The van der Waals surface area contributed by atoms with Crippen molar-refractivity contribution in [3.63, 3.8) is 0 Å². The molecule has 35 heavy (non-hydrogen) atoms. The van der Waals surface area contributed by atoms with Crippen molar-refractivity contribution < 1.29 is 24.2 Å². The maximum Gasteiger partial charge on any atom is 0.312 e. The number of rotatable bonds is 1. The van der Waals surface area contributed by atoms with Crippen LogP contribution in [0.15, 0.2) is 23.5 Å². The van der Waals surface area contributed by atoms with Gasteiger partial charge in [0.1, 0.15) is 0 Å². The SMILES string of the molecule is COC(=O)C12CCC3C(C(=O)C=C4C5(C)C=C(O)C(=O)C(C)(I)C5CCC43C)C1CC(C)(C)CC2. The number of ketones is 2. The van der Waals surface area contributed by atoms with Gasteiger partial charge in [-0.3, -0.25) is 14.4 Å². The molecule has 0 aromatic heterocycles. The first kappa shape index (κ1) is 25.5. The summed E-state index contributed by atoms with van der Waals surface area (Å²) in [5.41, 5.74) is -0.169. The molecule has 3 fully saturated rings. The maximum atomic E-state index is 14.1. The predicted molar refractivity (Wildman–Crippen MR) is 142 cm³/mol. The number of ether oxygens (including phenoxy) is 1. The Kier molecular flexibility index (Phi) is 5.58. The van der Waals surface area contributed by atoms with Crippen molar-refractivity contribution in [1.29, 1.82) is 0 Å². The zero-order chi connectivity index (χ0) is 25.8. The molecule has 0 spiro atoms. The molecule has 0 aromatic carbocycles. The number of fused-ring (bicyclic) bond motifs is 7. The molecule has 5 aliphatic carbocycles. The van der Waals surface area contributed by atoms with E-state index >= 15 is 0 Å². The van der Waals surface area contributed by atoms with Gasteiger partial charge in [-0.2, -0.15) is 0 Å². The molecule has 5 aliphatic rings. The summed E-state index contributed by atoms with van der Waals surface area (Å²) in [6.07, 6.45) is 9.59. The summed E-state index contributed by atoms with van der Waals surface area (Å²) in [5.74, 6) is -0.439. The van der Waals surface area contributed by atoms with E-state index in [-0.39, 0.29) is 57.8 Å². The fraction of sp³-hybridized carbons (Fsp3) is 0.759. The van der Waals surface area contributed by atoms with E-state index in [0.717, 1.165) is 50.5 Å². The number of esters is 1. The molecule has 6 heteroatoms. The van der Waals surface area contributed by atoms with Gasteiger partial charge < -0.3 is 9.84 Å². The Morgan fingerprint density at radius 2 is 1.71 bits per heavy atom. The predicted octanol–water partition coefficient (Wildman–Crippen LogP) is 6.15. The van der Waals surface area contributed by atoms with Crippen LogP contribution < -0.4 is 0 Å². The van der Waals surface area contributed by atoms with Gasteiger partial charge in [0, 0.05) is 11.3 Å². The van der Waals surface area contributed by atoms with Gasteiger partial charge in [-0.25, -0.2) is 0 Å². The van der Waals surface area contributed by atoms with Crippen molar-refractivity contribution in [3.8, 4) is 0 Å². The van der Waals surface area contributed by atoms with Crippen LogP contribution in [-0.4, -0.2) is 33.2 Å². The number of carbonyl (C=O) groups excluding carboxylic acids is 3. The van der Waals surface area contributed by atoms with Gasteiger partial charge in [-0.05, 0) is 92.6 Å². The van der Waals surface area contributed by atoms with E-state index in [4.69, 9.17) is 4.74 Å². The van der Waals surface area contributed by atoms with Crippen molar-refractivity contribution in [3.05, 3.63) is 23.5 Å². The maximum absolute atomic E-state index is 14.1. The summed E-state index contributed by atoms with van der Waals surface area (Å²) < 4.78 is 4.65. The summed E-state index contributed by atoms with van der Waals surface area (Å²) in [5, 5.41) is 10.7. The first-order chi connectivity index (χ1) is 16.1. The third-order valence-electron chi connectivity index (χ3n) is 11.2. The number of hydrogen-bond acceptors (Lipinski definition) is 5. The number of alkyl halides is 1. The monoisotopic (exact) mass is 594 g/mol. The van der Waals surface area contributed by atoms with Crippen LogP contribution in [0, 0.1) is 45.3 Å². The van der Waals surface area contributed by atoms with Crippen molar-refractivity contribution in [1.82, 2.24) is 0 Å². The zero-order valence-electron chi connectivity index (χ0n) is 21.9. The minimum atomic E-state index is -0.715. The van der Waals surface area contributed by atoms with E-state index in [0.29, 0.717) is 0 Å². The van der Waals surface area contributed by atoms with Crippen LogP contribution in [0.3, 0.4) is 0 Å². The Bertz CT molecular complexity index is 1070. The fourth-order valence-corrected chi connectivity index (χ4v) is 10.6. The number of Topliss-reactive ketones (excluding diaryl/α,β-unsaturated/α-hetero) is 1. The highest BCUT2D eigenvalue weighted by Gasteiger charge is 2.67. The summed E-state index contributed by atoms with van der Waals surface area (Å²) >= 11 is 2.21. The molecule has 0 amide bonds. The van der Waals surface area contributed by atoms with Gasteiger partial charge in [0.25, 0.3) is 0 Å². The molecular formula is C29H39IO5. The van der Waals surface area contributed by atoms with Crippen molar-refractivity contribution in [2.75, 3.05) is 7.11 Å². The van der Waals surface area contributed by atoms with Crippen molar-refractivity contribution >= 4 is 40.1 Å². The number of hydrogen-bond donors (Lipinski definition) is 1. The second kappa shape index (κ2) is 7.67. The van der Waals surface area contributed by atoms with Gasteiger partial charge >= 0.3 is 5.97 Å². The largest absolute Gasteiger partial charge is 0.505 e. The molecule has 3 saturated carbocycles. The number of carbonyl (C=O) groups is 3. The highest BCUT2D eigenvalue weighted by Crippen LogP contribution is 2.70. The first-order valence-corrected chi connectivity index (χ1v) is 14.2. The number of allylic oxidation sites excluding steroid dienone is 4. The molecular weight excluding hydrogens is 555 g/mol. The molecule has 5 rings (SSSR count). The van der Waals surface area contributed by atoms with Gasteiger partial charge in [-0.1, -0.05) is 55.9 Å². The summed E-state index contributed by atoms with van der Waals surface area (Å²) in [7, 11) is 1.48. The molecule has 0 aromatic rings. The molecule has 0 heterocycles. The second-order valence-corrected chi connectivity index (χ2v) is 15.7. The second-order valence-electron chi connectivity index (χ2n) is 13.5. The Morgan fingerprint density at radius 1 is 1.03 bits per heavy atom. The van der Waals surface area contributed by atoms with Crippen LogP contribution >= 0.6 is 22.6 Å². The Labute approximate surface area is 222 Å². The van der Waals surface area contributed by atoms with E-state index in [1.807, 2.05) is 13.0 Å². The Morgan fingerprint density at radius 3 is 2.37 bits per heavy atom. The third-order valence-corrected chi connectivity index (χ3v) is 12.4. The standard InChI is InChI=1S/C29H39IO5/c1-25(2)11-12-29(24(34)35-6)10-7-16-22(17(29)14-25)18(31)13-21-26(16,3)9-8-20-27(21,4)15-19(32)23(33)28(20,5)30/h13,15-17,20,22,32H,7-12,14H2,1-6H3. The van der Waals surface area contributed by atoms with E-state index in [9.17, 15) is 19.5 Å². The van der Waals surface area contributed by atoms with Gasteiger partial charge in [-0.15, -0.1) is 0 Å². The topological polar surface area (TPSA) is 80.7 Å². The highest BCUT2D eigenvalue weighted by molar-refractivity contribution is 14.1. The quantitative estimate of drug-likeness (QED) is 0.224. The Hall–Kier alpha value is -1.18. The normalized spacial score (nSPS) is 48.4. The highest BCUT2D eigenvalue weighted by atomic mass is 127. The van der Waals surface area contributed by atoms with E-state index in [1.165, 1.54) is 7.11 Å². The first-order valence-electron chi connectivity index (χ1n) is 13.1. The van der Waals surface area contributed by atoms with E-state index < -0.39 is 14.3 Å². The number of methoxy groups -OCH3 is 1. The van der Waals surface area contributed by atoms with Crippen LogP contribution in [0.5, 0.6) is 0 Å². The molecule has 192 valence electrons. The van der Waals surface area contributed by atoms with Crippen molar-refractivity contribution in [2.24, 2.45) is 45.3 Å². The van der Waals surface area contributed by atoms with Gasteiger partial charge in [0.05, 0.1) is 15.9 Å². The molecule has 0 aliphatic heterocycles. The smallest absolute Gasteiger partial charge is 0.312 e. The van der Waals surface area contributed by atoms with Crippen molar-refractivity contribution in [2.45, 2.75) is 83.0 Å². The molecule has 0 saturated heterocycles. The average Bonchev–Trinajstić information content (AvgIpc) is 2.77. The van der Waals surface area contributed by atoms with Crippen LogP contribution in [0.25, 0.3) is 0 Å². The zero-order valence-corrected chi connectivity index (χ0v) is 24.0. The van der Waals surface area contributed by atoms with Crippen LogP contribution in [0.2, 0.25) is 0 Å². The fourth-order valence-electron chi connectivity index (χ4n) is 9.36. The minimum Gasteiger partial charge on any atom is -0.505 e. The summed E-state index contributed by atoms with van der Waals surface area (Å²) in [6.45, 7) is 10.9. The number of aliphatic hydroxyl groups is 1. The average molecular weight is 595 g/mol. The lowest BCUT2D eigenvalue weighted by Crippen LogP contribution is -2.62. The lowest BCUT2D eigenvalue weighted by Gasteiger charge is -2.64. The Balaban J connectivity index is 1.65. The lowest BCUT2D eigenvalue weighted by molar-refractivity contribution is -0.177. The molecule has 1 N–H and O–H groups in total. The van der Waals surface area contributed by atoms with Gasteiger partial charge in [0.2, 0.25) is 5.78 Å². The molecule has 8 atom stereocenters. The van der Waals surface area contributed by atoms with E-state index in [1.54, 1.807) is 6.08 Å². The molecule has 8 unspecified atom stereocenters. The van der Waals surface area contributed by atoms with Crippen LogP contribution in [-0.2, 0) is 19.1 Å². The third kappa shape index (κ3) is 3.26. The van der Waals surface area contributed by atoms with Crippen LogP contribution in [0.4, 0.5) is 0 Å². The van der Waals surface area contributed by atoms with E-state index in [2.05, 4.69) is 50.3 Å². The lowest BCUT2D eigenvalue weighted by atomic mass is 9.39. The molecule has 0 bridgehead atoms.